The van der Waals surface area contributed by atoms with Gasteiger partial charge < -0.3 is 10.4 Å². The van der Waals surface area contributed by atoms with Gasteiger partial charge in [-0.3, -0.25) is 14.9 Å². The molecule has 1 amide bonds. The van der Waals surface area contributed by atoms with Crippen molar-refractivity contribution in [2.75, 3.05) is 0 Å². The molecule has 5 nitrogen and oxygen atoms in total. The number of phenolic OH excluding ortho intramolecular Hbond substituents is 1. The van der Waals surface area contributed by atoms with Gasteiger partial charge >= 0.3 is 0 Å². The van der Waals surface area contributed by atoms with Gasteiger partial charge in [-0.25, -0.2) is 0 Å². The van der Waals surface area contributed by atoms with Crippen molar-refractivity contribution in [1.29, 1.82) is 0 Å². The number of benzene rings is 1. The zero-order valence-corrected chi connectivity index (χ0v) is 16.7. The lowest BCUT2D eigenvalue weighted by molar-refractivity contribution is -0.132. The van der Waals surface area contributed by atoms with Crippen LogP contribution >= 0.6 is 0 Å². The van der Waals surface area contributed by atoms with Gasteiger partial charge in [-0.2, -0.15) is 0 Å². The van der Waals surface area contributed by atoms with Gasteiger partial charge in [-0.05, 0) is 45.1 Å². The molecule has 3 fully saturated rings. The van der Waals surface area contributed by atoms with E-state index in [0.717, 1.165) is 37.7 Å². The van der Waals surface area contributed by atoms with Crippen molar-refractivity contribution in [3.8, 4) is 5.75 Å². The molecule has 1 aromatic carbocycles. The maximum atomic E-state index is 13.1. The number of aryl methyl sites for hydroxylation is 1. The number of aromatic hydroxyl groups is 1. The second kappa shape index (κ2) is 8.24. The molecule has 1 heterocycles. The van der Waals surface area contributed by atoms with Crippen LogP contribution in [0.15, 0.2) is 18.2 Å². The molecule has 0 radical (unpaired) electrons. The van der Waals surface area contributed by atoms with Gasteiger partial charge in [0.15, 0.2) is 0 Å². The van der Waals surface area contributed by atoms with Crippen LogP contribution in [0.3, 0.4) is 0 Å². The molecule has 2 saturated carbocycles. The Bertz CT molecular complexity index is 739. The monoisotopic (exact) mass is 384 g/mol. The van der Waals surface area contributed by atoms with Crippen molar-refractivity contribution in [2.24, 2.45) is 11.8 Å². The topological polar surface area (TPSA) is 78.4 Å². The highest BCUT2D eigenvalue weighted by Crippen LogP contribution is 2.36. The summed E-state index contributed by atoms with van der Waals surface area (Å²) in [4.78, 5) is 25.8. The number of phenols is 1. The lowest BCUT2D eigenvalue weighted by atomic mass is 9.74. The number of fused-ring (bicyclic) bond motifs is 1. The maximum Gasteiger partial charge on any atom is 0.242 e. The van der Waals surface area contributed by atoms with Crippen LogP contribution in [-0.2, 0) is 9.59 Å². The largest absolute Gasteiger partial charge is 0.508 e. The van der Waals surface area contributed by atoms with Gasteiger partial charge in [-0.15, -0.1) is 0 Å². The van der Waals surface area contributed by atoms with Crippen molar-refractivity contribution in [1.82, 2.24) is 10.6 Å². The minimum atomic E-state index is -0.532. The molecule has 1 saturated heterocycles. The van der Waals surface area contributed by atoms with Gasteiger partial charge in [0.05, 0.1) is 0 Å². The van der Waals surface area contributed by atoms with E-state index in [1.165, 1.54) is 25.7 Å². The predicted octanol–water partition coefficient (Wildman–Crippen LogP) is 3.54. The van der Waals surface area contributed by atoms with Crippen LogP contribution in [0, 0.1) is 18.8 Å². The van der Waals surface area contributed by atoms with E-state index in [-0.39, 0.29) is 35.6 Å². The molecule has 0 aromatic heterocycles. The Balaban J connectivity index is 1.42. The van der Waals surface area contributed by atoms with E-state index >= 15 is 0 Å². The Morgan fingerprint density at radius 3 is 2.50 bits per heavy atom. The summed E-state index contributed by atoms with van der Waals surface area (Å²) in [5, 5.41) is 16.8. The minimum absolute atomic E-state index is 0.00387. The van der Waals surface area contributed by atoms with Crippen LogP contribution in [-0.4, -0.2) is 28.9 Å². The number of nitrogens with one attached hydrogen (secondary N) is 2. The van der Waals surface area contributed by atoms with Crippen molar-refractivity contribution in [3.05, 3.63) is 29.3 Å². The molecule has 3 aliphatic rings. The number of Topliss-reactive ketones (excluding diaryl/α,β-unsaturated/α-hetero) is 1. The molecule has 1 aliphatic heterocycles. The fourth-order valence-corrected chi connectivity index (χ4v) is 5.38. The highest BCUT2D eigenvalue weighted by molar-refractivity contribution is 5.86. The number of carbonyl (C=O) groups excluding carboxylic acids is 2. The van der Waals surface area contributed by atoms with Crippen molar-refractivity contribution in [2.45, 2.75) is 82.8 Å². The molecular weight excluding hydrogens is 352 g/mol. The summed E-state index contributed by atoms with van der Waals surface area (Å²) >= 11 is 0. The van der Waals surface area contributed by atoms with E-state index in [9.17, 15) is 14.7 Å². The van der Waals surface area contributed by atoms with Crippen molar-refractivity contribution >= 4 is 11.7 Å². The molecule has 4 unspecified atom stereocenters. The molecule has 0 spiro atoms. The number of ketones is 1. The summed E-state index contributed by atoms with van der Waals surface area (Å²) in [6.07, 6.45) is 9.47. The van der Waals surface area contributed by atoms with Crippen LogP contribution in [0.4, 0.5) is 0 Å². The van der Waals surface area contributed by atoms with Crippen LogP contribution in [0.1, 0.15) is 75.0 Å². The summed E-state index contributed by atoms with van der Waals surface area (Å²) < 4.78 is 0. The van der Waals surface area contributed by atoms with Crippen LogP contribution in [0.2, 0.25) is 0 Å². The van der Waals surface area contributed by atoms with Crippen LogP contribution < -0.4 is 10.6 Å². The number of carbonyl (C=O) groups is 2. The Hall–Kier alpha value is -1.88. The first kappa shape index (κ1) is 19.4. The number of rotatable bonds is 3. The van der Waals surface area contributed by atoms with E-state index in [4.69, 9.17) is 0 Å². The molecule has 0 bridgehead atoms. The maximum absolute atomic E-state index is 13.1. The minimum Gasteiger partial charge on any atom is -0.508 e. The molecule has 28 heavy (non-hydrogen) atoms. The molecule has 1 aromatic rings. The van der Waals surface area contributed by atoms with Gasteiger partial charge in [0.1, 0.15) is 17.6 Å². The first-order valence-corrected chi connectivity index (χ1v) is 10.9. The molecule has 4 rings (SSSR count). The average molecular weight is 385 g/mol. The van der Waals surface area contributed by atoms with Crippen molar-refractivity contribution in [3.63, 3.8) is 0 Å². The normalized spacial score (nSPS) is 31.5. The average Bonchev–Trinajstić information content (AvgIpc) is 2.98. The number of amides is 1. The first-order valence-electron chi connectivity index (χ1n) is 10.9. The predicted molar refractivity (Wildman–Crippen MR) is 108 cm³/mol. The third-order valence-electron chi connectivity index (χ3n) is 6.97. The zero-order valence-electron chi connectivity index (χ0n) is 16.7. The van der Waals surface area contributed by atoms with Gasteiger partial charge in [0.2, 0.25) is 5.91 Å². The van der Waals surface area contributed by atoms with E-state index < -0.39 is 6.04 Å². The van der Waals surface area contributed by atoms with E-state index in [0.29, 0.717) is 11.3 Å². The summed E-state index contributed by atoms with van der Waals surface area (Å²) in [5.74, 6) is 0.787. The highest BCUT2D eigenvalue weighted by Gasteiger charge is 2.42. The Labute approximate surface area is 167 Å². The van der Waals surface area contributed by atoms with Crippen LogP contribution in [0.25, 0.3) is 0 Å². The number of piperazine rings is 1. The Kier molecular flexibility index (Phi) is 5.72. The summed E-state index contributed by atoms with van der Waals surface area (Å²) in [5.41, 5.74) is 1.65. The SMILES string of the molecule is Cc1ccc(O)c(C2NC3CCC(C(=O)C4CCCCCC4)CC3NC2=O)c1. The fourth-order valence-electron chi connectivity index (χ4n) is 5.38. The number of hydrogen-bond donors (Lipinski definition) is 3. The smallest absolute Gasteiger partial charge is 0.242 e. The van der Waals surface area contributed by atoms with E-state index in [1.807, 2.05) is 19.1 Å². The molecule has 3 N–H and O–H groups in total. The Morgan fingerprint density at radius 1 is 1.00 bits per heavy atom. The molecule has 2 aliphatic carbocycles. The summed E-state index contributed by atoms with van der Waals surface area (Å²) in [6, 6.07) is 4.98. The molecule has 4 atom stereocenters. The van der Waals surface area contributed by atoms with Gasteiger partial charge in [0, 0.05) is 29.5 Å². The van der Waals surface area contributed by atoms with E-state index in [1.54, 1.807) is 6.07 Å². The zero-order chi connectivity index (χ0) is 19.7. The third-order valence-corrected chi connectivity index (χ3v) is 6.97. The summed E-state index contributed by atoms with van der Waals surface area (Å²) in [6.45, 7) is 1.96. The lowest BCUT2D eigenvalue weighted by Gasteiger charge is -2.43. The molecular formula is C23H32N2O3. The lowest BCUT2D eigenvalue weighted by Crippen LogP contribution is -2.62. The third kappa shape index (κ3) is 3.95. The van der Waals surface area contributed by atoms with Crippen molar-refractivity contribution < 1.29 is 14.7 Å². The second-order valence-electron chi connectivity index (χ2n) is 8.98. The summed E-state index contributed by atoms with van der Waals surface area (Å²) in [7, 11) is 0. The fraction of sp³-hybridized carbons (Fsp3) is 0.652. The molecule has 152 valence electrons. The van der Waals surface area contributed by atoms with E-state index in [2.05, 4.69) is 10.6 Å². The van der Waals surface area contributed by atoms with Gasteiger partial charge in [0.25, 0.3) is 0 Å². The Morgan fingerprint density at radius 2 is 1.75 bits per heavy atom. The second-order valence-corrected chi connectivity index (χ2v) is 8.98. The quantitative estimate of drug-likeness (QED) is 0.697. The van der Waals surface area contributed by atoms with Gasteiger partial charge in [-0.1, -0.05) is 43.4 Å². The standard InChI is InChI=1S/C23H32N2O3/c1-14-8-11-20(26)17(12-14)21-23(28)25-19-13-16(9-10-18(19)24-21)22(27)15-6-4-2-3-5-7-15/h8,11-12,15-16,18-19,21,24,26H,2-7,9-10,13H2,1H3,(H,25,28). The highest BCUT2D eigenvalue weighted by atomic mass is 16.3. The number of hydrogen-bond acceptors (Lipinski definition) is 4. The first-order chi connectivity index (χ1) is 13.5. The molecule has 5 heteroatoms. The van der Waals surface area contributed by atoms with Crippen LogP contribution in [0.5, 0.6) is 5.75 Å².